The molecular weight excluding hydrogens is 258 g/mol. The molecule has 1 aliphatic rings. The first kappa shape index (κ1) is 16.3. The van der Waals surface area contributed by atoms with E-state index in [0.29, 0.717) is 0 Å². The molecule has 0 atom stereocenters. The zero-order valence-electron chi connectivity index (χ0n) is 14.1. The number of benzene rings is 1. The predicted molar refractivity (Wildman–Crippen MR) is 91.6 cm³/mol. The lowest BCUT2D eigenvalue weighted by Gasteiger charge is -2.38. The summed E-state index contributed by atoms with van der Waals surface area (Å²) in [5.74, 6) is 0.871. The van der Waals surface area contributed by atoms with Crippen molar-refractivity contribution in [1.29, 1.82) is 0 Å². The van der Waals surface area contributed by atoms with Gasteiger partial charge in [-0.05, 0) is 63.6 Å². The quantitative estimate of drug-likeness (QED) is 0.846. The van der Waals surface area contributed by atoms with Crippen molar-refractivity contribution in [3.05, 3.63) is 29.8 Å². The van der Waals surface area contributed by atoms with Crippen LogP contribution >= 0.6 is 0 Å². The van der Waals surface area contributed by atoms with Crippen LogP contribution in [0.25, 0.3) is 0 Å². The molecule has 0 saturated carbocycles. The van der Waals surface area contributed by atoms with Crippen LogP contribution in [0.4, 0.5) is 5.69 Å². The lowest BCUT2D eigenvalue weighted by atomic mass is 9.83. The van der Waals surface area contributed by atoms with Crippen molar-refractivity contribution in [1.82, 2.24) is 9.80 Å². The predicted octanol–water partition coefficient (Wildman–Crippen LogP) is 2.82. The molecule has 1 aromatic rings. The zero-order valence-corrected chi connectivity index (χ0v) is 14.1. The van der Waals surface area contributed by atoms with Crippen molar-refractivity contribution >= 4 is 5.69 Å². The molecule has 0 spiro atoms. The Kier molecular flexibility index (Phi) is 5.28. The molecule has 2 rings (SSSR count). The highest BCUT2D eigenvalue weighted by molar-refractivity contribution is 5.41. The van der Waals surface area contributed by atoms with Crippen molar-refractivity contribution in [2.75, 3.05) is 46.0 Å². The van der Waals surface area contributed by atoms with Crippen LogP contribution in [0.2, 0.25) is 0 Å². The van der Waals surface area contributed by atoms with Gasteiger partial charge in [-0.2, -0.15) is 0 Å². The minimum atomic E-state index is 0.183. The SMILES string of the molecule is CN(C)CC1CCN(CC(C)(C)c2ccc(N)cc2)CC1. The van der Waals surface area contributed by atoms with E-state index in [0.717, 1.165) is 18.2 Å². The molecule has 0 unspecified atom stereocenters. The third kappa shape index (κ3) is 4.72. The van der Waals surface area contributed by atoms with Gasteiger partial charge in [-0.1, -0.05) is 26.0 Å². The summed E-state index contributed by atoms with van der Waals surface area (Å²) in [7, 11) is 4.35. The van der Waals surface area contributed by atoms with Gasteiger partial charge < -0.3 is 15.5 Å². The van der Waals surface area contributed by atoms with Crippen LogP contribution in [0, 0.1) is 5.92 Å². The topological polar surface area (TPSA) is 32.5 Å². The molecule has 1 aliphatic heterocycles. The molecule has 1 heterocycles. The lowest BCUT2D eigenvalue weighted by molar-refractivity contribution is 0.141. The first-order chi connectivity index (χ1) is 9.87. The summed E-state index contributed by atoms with van der Waals surface area (Å²) in [6, 6.07) is 8.38. The summed E-state index contributed by atoms with van der Waals surface area (Å²) in [6.07, 6.45) is 2.66. The molecule has 0 aromatic heterocycles. The fraction of sp³-hybridized carbons (Fsp3) is 0.667. The fourth-order valence-corrected chi connectivity index (χ4v) is 3.43. The first-order valence-electron chi connectivity index (χ1n) is 8.10. The highest BCUT2D eigenvalue weighted by Gasteiger charge is 2.27. The molecule has 1 aromatic carbocycles. The molecule has 3 heteroatoms. The molecular formula is C18H31N3. The number of hydrogen-bond acceptors (Lipinski definition) is 3. The van der Waals surface area contributed by atoms with E-state index < -0.39 is 0 Å². The van der Waals surface area contributed by atoms with E-state index in [1.165, 1.54) is 38.0 Å². The number of piperidine rings is 1. The van der Waals surface area contributed by atoms with E-state index in [9.17, 15) is 0 Å². The Morgan fingerprint density at radius 1 is 1.14 bits per heavy atom. The normalized spacial score (nSPS) is 18.3. The Labute approximate surface area is 130 Å². The van der Waals surface area contributed by atoms with Crippen molar-refractivity contribution in [2.45, 2.75) is 32.1 Å². The van der Waals surface area contributed by atoms with Gasteiger partial charge in [0.1, 0.15) is 0 Å². The molecule has 21 heavy (non-hydrogen) atoms. The van der Waals surface area contributed by atoms with Crippen LogP contribution in [0.3, 0.4) is 0 Å². The molecule has 0 aliphatic carbocycles. The van der Waals surface area contributed by atoms with E-state index in [1.54, 1.807) is 0 Å². The summed E-state index contributed by atoms with van der Waals surface area (Å²) in [4.78, 5) is 4.95. The van der Waals surface area contributed by atoms with Gasteiger partial charge in [-0.25, -0.2) is 0 Å². The van der Waals surface area contributed by atoms with Gasteiger partial charge in [-0.15, -0.1) is 0 Å². The summed E-state index contributed by atoms with van der Waals surface area (Å²) in [5.41, 5.74) is 8.21. The largest absolute Gasteiger partial charge is 0.399 e. The molecule has 0 bridgehead atoms. The molecule has 0 radical (unpaired) electrons. The molecule has 2 N–H and O–H groups in total. The van der Waals surface area contributed by atoms with Crippen LogP contribution in [0.15, 0.2) is 24.3 Å². The number of nitrogens with two attached hydrogens (primary N) is 1. The smallest absolute Gasteiger partial charge is 0.0314 e. The Balaban J connectivity index is 1.88. The maximum Gasteiger partial charge on any atom is 0.0314 e. The Morgan fingerprint density at radius 2 is 1.71 bits per heavy atom. The number of likely N-dealkylation sites (tertiary alicyclic amines) is 1. The lowest BCUT2D eigenvalue weighted by Crippen LogP contribution is -2.43. The monoisotopic (exact) mass is 289 g/mol. The van der Waals surface area contributed by atoms with Crippen molar-refractivity contribution in [3.63, 3.8) is 0 Å². The van der Waals surface area contributed by atoms with Gasteiger partial charge in [0.2, 0.25) is 0 Å². The third-order valence-corrected chi connectivity index (χ3v) is 4.64. The molecule has 0 amide bonds. The Morgan fingerprint density at radius 3 is 2.24 bits per heavy atom. The summed E-state index contributed by atoms with van der Waals surface area (Å²) < 4.78 is 0. The molecule has 3 nitrogen and oxygen atoms in total. The van der Waals surface area contributed by atoms with Crippen molar-refractivity contribution in [2.24, 2.45) is 5.92 Å². The van der Waals surface area contributed by atoms with Crippen LogP contribution in [0.5, 0.6) is 0 Å². The van der Waals surface area contributed by atoms with Gasteiger partial charge in [0.25, 0.3) is 0 Å². The number of anilines is 1. The van der Waals surface area contributed by atoms with Crippen molar-refractivity contribution < 1.29 is 0 Å². The zero-order chi connectivity index (χ0) is 15.5. The second kappa shape index (κ2) is 6.80. The summed E-state index contributed by atoms with van der Waals surface area (Å²) in [5, 5.41) is 0. The number of rotatable bonds is 5. The van der Waals surface area contributed by atoms with Crippen LogP contribution in [-0.2, 0) is 5.41 Å². The van der Waals surface area contributed by atoms with Gasteiger partial charge in [0.05, 0.1) is 0 Å². The summed E-state index contributed by atoms with van der Waals surface area (Å²) in [6.45, 7) is 9.50. The van der Waals surface area contributed by atoms with Crippen LogP contribution in [-0.4, -0.2) is 50.1 Å². The van der Waals surface area contributed by atoms with Gasteiger partial charge in [0, 0.05) is 24.2 Å². The average Bonchev–Trinajstić information content (AvgIpc) is 2.40. The van der Waals surface area contributed by atoms with E-state index in [-0.39, 0.29) is 5.41 Å². The number of nitrogen functional groups attached to an aromatic ring is 1. The van der Waals surface area contributed by atoms with Crippen LogP contribution < -0.4 is 5.73 Å². The fourth-order valence-electron chi connectivity index (χ4n) is 3.43. The average molecular weight is 289 g/mol. The van der Waals surface area contributed by atoms with E-state index in [1.807, 2.05) is 12.1 Å². The van der Waals surface area contributed by atoms with E-state index in [2.05, 4.69) is 49.9 Å². The molecule has 1 saturated heterocycles. The highest BCUT2D eigenvalue weighted by atomic mass is 15.1. The second-order valence-electron chi connectivity index (χ2n) is 7.49. The van der Waals surface area contributed by atoms with Crippen molar-refractivity contribution in [3.8, 4) is 0 Å². The third-order valence-electron chi connectivity index (χ3n) is 4.64. The van der Waals surface area contributed by atoms with E-state index in [4.69, 9.17) is 5.73 Å². The molecule has 118 valence electrons. The second-order valence-corrected chi connectivity index (χ2v) is 7.49. The van der Waals surface area contributed by atoms with Gasteiger partial charge in [0.15, 0.2) is 0 Å². The minimum absolute atomic E-state index is 0.183. The summed E-state index contributed by atoms with van der Waals surface area (Å²) >= 11 is 0. The maximum atomic E-state index is 5.79. The van der Waals surface area contributed by atoms with E-state index >= 15 is 0 Å². The molecule has 1 fully saturated rings. The Bertz CT molecular complexity index is 428. The highest BCUT2D eigenvalue weighted by Crippen LogP contribution is 2.27. The number of hydrogen-bond donors (Lipinski definition) is 1. The van der Waals surface area contributed by atoms with Gasteiger partial charge >= 0.3 is 0 Å². The maximum absolute atomic E-state index is 5.79. The minimum Gasteiger partial charge on any atom is -0.399 e. The number of nitrogens with zero attached hydrogens (tertiary/aromatic N) is 2. The van der Waals surface area contributed by atoms with Crippen LogP contribution in [0.1, 0.15) is 32.3 Å². The van der Waals surface area contributed by atoms with Gasteiger partial charge in [-0.3, -0.25) is 0 Å². The first-order valence-corrected chi connectivity index (χ1v) is 8.10. The standard InChI is InChI=1S/C18H31N3/c1-18(2,16-5-7-17(19)8-6-16)14-21-11-9-15(10-12-21)13-20(3)4/h5-8,15H,9-14,19H2,1-4H3. The Hall–Kier alpha value is -1.06.